The summed E-state index contributed by atoms with van der Waals surface area (Å²) in [6, 6.07) is 0. The monoisotopic (exact) mass is 218 g/mol. The number of ether oxygens (including phenoxy) is 1. The summed E-state index contributed by atoms with van der Waals surface area (Å²) in [7, 11) is 0. The normalized spacial score (nSPS) is 19.6. The SMILES string of the molecule is CCCCC(C)(O)OC(C)(O)CCCC. The van der Waals surface area contributed by atoms with Crippen molar-refractivity contribution in [3.05, 3.63) is 0 Å². The Kier molecular flexibility index (Phi) is 6.41. The molecule has 0 saturated carbocycles. The van der Waals surface area contributed by atoms with Crippen LogP contribution in [-0.4, -0.2) is 21.8 Å². The van der Waals surface area contributed by atoms with Gasteiger partial charge in [-0.05, 0) is 26.7 Å². The molecule has 2 unspecified atom stereocenters. The van der Waals surface area contributed by atoms with E-state index in [-0.39, 0.29) is 0 Å². The fourth-order valence-corrected chi connectivity index (χ4v) is 1.59. The summed E-state index contributed by atoms with van der Waals surface area (Å²) in [6.07, 6.45) is 4.94. The molecule has 0 aromatic heterocycles. The number of hydrogen-bond donors (Lipinski definition) is 2. The summed E-state index contributed by atoms with van der Waals surface area (Å²) in [5, 5.41) is 19.8. The molecule has 3 heteroatoms. The van der Waals surface area contributed by atoms with Crippen molar-refractivity contribution in [1.82, 2.24) is 0 Å². The van der Waals surface area contributed by atoms with Crippen LogP contribution in [0, 0.1) is 0 Å². The fraction of sp³-hybridized carbons (Fsp3) is 1.00. The zero-order chi connectivity index (χ0) is 11.9. The van der Waals surface area contributed by atoms with Crippen molar-refractivity contribution in [2.75, 3.05) is 0 Å². The van der Waals surface area contributed by atoms with Gasteiger partial charge < -0.3 is 14.9 Å². The van der Waals surface area contributed by atoms with E-state index in [2.05, 4.69) is 13.8 Å². The van der Waals surface area contributed by atoms with Crippen molar-refractivity contribution in [1.29, 1.82) is 0 Å². The molecule has 0 bridgehead atoms. The summed E-state index contributed by atoms with van der Waals surface area (Å²) < 4.78 is 5.34. The average Bonchev–Trinajstić information content (AvgIpc) is 2.10. The molecule has 0 rings (SSSR count). The van der Waals surface area contributed by atoms with Crippen LogP contribution in [0.3, 0.4) is 0 Å². The van der Waals surface area contributed by atoms with Crippen molar-refractivity contribution < 1.29 is 14.9 Å². The molecule has 3 nitrogen and oxygen atoms in total. The minimum atomic E-state index is -1.22. The van der Waals surface area contributed by atoms with E-state index < -0.39 is 11.6 Å². The highest BCUT2D eigenvalue weighted by molar-refractivity contribution is 4.67. The molecule has 0 aromatic carbocycles. The molecule has 15 heavy (non-hydrogen) atoms. The molecule has 0 aliphatic rings. The largest absolute Gasteiger partial charge is 0.366 e. The van der Waals surface area contributed by atoms with Gasteiger partial charge in [-0.25, -0.2) is 0 Å². The lowest BCUT2D eigenvalue weighted by Crippen LogP contribution is -2.41. The van der Waals surface area contributed by atoms with Crippen LogP contribution in [0.4, 0.5) is 0 Å². The molecular formula is C12H26O3. The van der Waals surface area contributed by atoms with Crippen molar-refractivity contribution in [2.24, 2.45) is 0 Å². The van der Waals surface area contributed by atoms with Crippen LogP contribution < -0.4 is 0 Å². The lowest BCUT2D eigenvalue weighted by molar-refractivity contribution is -0.323. The predicted octanol–water partition coefficient (Wildman–Crippen LogP) is 2.80. The molecule has 0 amide bonds. The van der Waals surface area contributed by atoms with Crippen LogP contribution >= 0.6 is 0 Å². The smallest absolute Gasteiger partial charge is 0.166 e. The highest BCUT2D eigenvalue weighted by atomic mass is 16.7. The van der Waals surface area contributed by atoms with E-state index in [0.29, 0.717) is 12.8 Å². The van der Waals surface area contributed by atoms with E-state index in [4.69, 9.17) is 4.74 Å². The third kappa shape index (κ3) is 7.77. The van der Waals surface area contributed by atoms with E-state index in [0.717, 1.165) is 25.7 Å². The minimum Gasteiger partial charge on any atom is -0.366 e. The van der Waals surface area contributed by atoms with E-state index in [1.54, 1.807) is 13.8 Å². The Morgan fingerprint density at radius 3 is 1.47 bits per heavy atom. The van der Waals surface area contributed by atoms with Gasteiger partial charge in [0, 0.05) is 12.8 Å². The molecule has 0 saturated heterocycles. The first-order valence-electron chi connectivity index (χ1n) is 5.98. The van der Waals surface area contributed by atoms with Gasteiger partial charge in [0.1, 0.15) is 0 Å². The molecule has 0 radical (unpaired) electrons. The first kappa shape index (κ1) is 14.9. The Morgan fingerprint density at radius 2 is 1.20 bits per heavy atom. The number of unbranched alkanes of at least 4 members (excludes halogenated alkanes) is 2. The Morgan fingerprint density at radius 1 is 0.867 bits per heavy atom. The van der Waals surface area contributed by atoms with Gasteiger partial charge in [-0.2, -0.15) is 0 Å². The lowest BCUT2D eigenvalue weighted by Gasteiger charge is -2.33. The molecule has 0 heterocycles. The van der Waals surface area contributed by atoms with Crippen LogP contribution in [0.5, 0.6) is 0 Å². The van der Waals surface area contributed by atoms with Crippen LogP contribution in [0.1, 0.15) is 66.2 Å². The molecule has 2 atom stereocenters. The molecule has 0 aliphatic carbocycles. The zero-order valence-corrected chi connectivity index (χ0v) is 10.5. The lowest BCUT2D eigenvalue weighted by atomic mass is 10.1. The van der Waals surface area contributed by atoms with Gasteiger partial charge >= 0.3 is 0 Å². The molecule has 0 spiro atoms. The van der Waals surface area contributed by atoms with Crippen LogP contribution in [-0.2, 0) is 4.74 Å². The Balaban J connectivity index is 4.04. The summed E-state index contributed by atoms with van der Waals surface area (Å²) in [5.74, 6) is -2.43. The summed E-state index contributed by atoms with van der Waals surface area (Å²) in [6.45, 7) is 7.35. The quantitative estimate of drug-likeness (QED) is 0.616. The molecule has 92 valence electrons. The molecule has 0 fully saturated rings. The highest BCUT2D eigenvalue weighted by Crippen LogP contribution is 2.25. The van der Waals surface area contributed by atoms with Gasteiger partial charge in [0.25, 0.3) is 0 Å². The predicted molar refractivity (Wildman–Crippen MR) is 61.4 cm³/mol. The van der Waals surface area contributed by atoms with Crippen molar-refractivity contribution in [3.8, 4) is 0 Å². The Bertz CT molecular complexity index is 146. The standard InChI is InChI=1S/C12H26O3/c1-5-7-9-11(3,13)15-12(4,14)10-8-6-2/h13-14H,5-10H2,1-4H3. The van der Waals surface area contributed by atoms with Crippen molar-refractivity contribution in [3.63, 3.8) is 0 Å². The topological polar surface area (TPSA) is 49.7 Å². The third-order valence-corrected chi connectivity index (χ3v) is 2.43. The van der Waals surface area contributed by atoms with E-state index >= 15 is 0 Å². The van der Waals surface area contributed by atoms with Gasteiger partial charge in [0.2, 0.25) is 0 Å². The van der Waals surface area contributed by atoms with E-state index in [1.807, 2.05) is 0 Å². The van der Waals surface area contributed by atoms with Crippen LogP contribution in [0.2, 0.25) is 0 Å². The maximum Gasteiger partial charge on any atom is 0.166 e. The summed E-state index contributed by atoms with van der Waals surface area (Å²) in [4.78, 5) is 0. The zero-order valence-electron chi connectivity index (χ0n) is 10.5. The Hall–Kier alpha value is -0.120. The number of aliphatic hydroxyl groups is 2. The average molecular weight is 218 g/mol. The Labute approximate surface area is 93.5 Å². The first-order chi connectivity index (χ1) is 6.83. The first-order valence-corrected chi connectivity index (χ1v) is 5.98. The maximum absolute atomic E-state index is 9.90. The van der Waals surface area contributed by atoms with Crippen molar-refractivity contribution in [2.45, 2.75) is 77.8 Å². The van der Waals surface area contributed by atoms with E-state index in [9.17, 15) is 10.2 Å². The van der Waals surface area contributed by atoms with Crippen LogP contribution in [0.25, 0.3) is 0 Å². The van der Waals surface area contributed by atoms with Crippen LogP contribution in [0.15, 0.2) is 0 Å². The molecule has 2 N–H and O–H groups in total. The number of hydrogen-bond acceptors (Lipinski definition) is 3. The highest BCUT2D eigenvalue weighted by Gasteiger charge is 2.31. The fourth-order valence-electron chi connectivity index (χ4n) is 1.59. The summed E-state index contributed by atoms with van der Waals surface area (Å²) >= 11 is 0. The molecular weight excluding hydrogens is 192 g/mol. The second kappa shape index (κ2) is 6.46. The van der Waals surface area contributed by atoms with E-state index in [1.165, 1.54) is 0 Å². The third-order valence-electron chi connectivity index (χ3n) is 2.43. The molecule has 0 aliphatic heterocycles. The molecule has 0 aromatic rings. The number of rotatable bonds is 8. The van der Waals surface area contributed by atoms with Gasteiger partial charge in [-0.15, -0.1) is 0 Å². The van der Waals surface area contributed by atoms with Gasteiger partial charge in [-0.3, -0.25) is 0 Å². The second-order valence-corrected chi connectivity index (χ2v) is 4.66. The maximum atomic E-state index is 9.90. The summed E-state index contributed by atoms with van der Waals surface area (Å²) in [5.41, 5.74) is 0. The minimum absolute atomic E-state index is 0.561. The van der Waals surface area contributed by atoms with Gasteiger partial charge in [0.15, 0.2) is 11.6 Å². The van der Waals surface area contributed by atoms with Gasteiger partial charge in [-0.1, -0.05) is 26.7 Å². The van der Waals surface area contributed by atoms with Gasteiger partial charge in [0.05, 0.1) is 0 Å². The second-order valence-electron chi connectivity index (χ2n) is 4.66. The van der Waals surface area contributed by atoms with Crippen molar-refractivity contribution >= 4 is 0 Å².